The average Bonchev–Trinajstić information content (AvgIpc) is 2.67. The Hall–Kier alpha value is -1.98. The minimum absolute atomic E-state index is 0.0925. The van der Waals surface area contributed by atoms with Crippen LogP contribution in [0.15, 0.2) is 48.5 Å². The van der Waals surface area contributed by atoms with Crippen LogP contribution in [0.5, 0.6) is 0 Å². The van der Waals surface area contributed by atoms with Crippen molar-refractivity contribution >= 4 is 16.7 Å². The zero-order chi connectivity index (χ0) is 19.9. The SMILES string of the molecule is C[C@@H]1CCCN(Cc2ccccc2CNC(=O)c2cccc(C[S@](C)=O)c2)C1. The van der Waals surface area contributed by atoms with Crippen molar-refractivity contribution in [2.75, 3.05) is 19.3 Å². The summed E-state index contributed by atoms with van der Waals surface area (Å²) in [5.74, 6) is 1.13. The number of rotatable bonds is 7. The summed E-state index contributed by atoms with van der Waals surface area (Å²) in [5.41, 5.74) is 3.99. The number of hydrogen-bond acceptors (Lipinski definition) is 3. The van der Waals surface area contributed by atoms with Gasteiger partial charge in [-0.3, -0.25) is 13.9 Å². The second-order valence-corrected chi connectivity index (χ2v) is 9.29. The Morgan fingerprint density at radius 1 is 1.18 bits per heavy atom. The molecule has 0 unspecified atom stereocenters. The first-order valence-electron chi connectivity index (χ1n) is 9.97. The lowest BCUT2D eigenvalue weighted by Gasteiger charge is -2.31. The number of benzene rings is 2. The molecule has 3 rings (SSSR count). The van der Waals surface area contributed by atoms with Gasteiger partial charge in [-0.05, 0) is 54.1 Å². The van der Waals surface area contributed by atoms with E-state index in [4.69, 9.17) is 0 Å². The van der Waals surface area contributed by atoms with Gasteiger partial charge < -0.3 is 5.32 Å². The van der Waals surface area contributed by atoms with E-state index in [1.54, 1.807) is 12.3 Å². The number of carbonyl (C=O) groups excluding carboxylic acids is 1. The van der Waals surface area contributed by atoms with Crippen molar-refractivity contribution in [3.05, 3.63) is 70.8 Å². The van der Waals surface area contributed by atoms with Crippen molar-refractivity contribution in [2.45, 2.75) is 38.6 Å². The molecule has 0 bridgehead atoms. The first kappa shape index (κ1) is 20.7. The highest BCUT2D eigenvalue weighted by Gasteiger charge is 2.17. The Morgan fingerprint density at radius 2 is 1.96 bits per heavy atom. The Balaban J connectivity index is 1.63. The van der Waals surface area contributed by atoms with Crippen LogP contribution in [0.2, 0.25) is 0 Å². The van der Waals surface area contributed by atoms with Gasteiger partial charge in [-0.25, -0.2) is 0 Å². The molecule has 2 aromatic rings. The summed E-state index contributed by atoms with van der Waals surface area (Å²) in [7, 11) is -0.918. The lowest BCUT2D eigenvalue weighted by molar-refractivity contribution is 0.0950. The number of piperidine rings is 1. The van der Waals surface area contributed by atoms with Crippen molar-refractivity contribution in [3.63, 3.8) is 0 Å². The monoisotopic (exact) mass is 398 g/mol. The second-order valence-electron chi connectivity index (χ2n) is 7.85. The van der Waals surface area contributed by atoms with E-state index in [0.717, 1.165) is 31.1 Å². The molecule has 1 heterocycles. The molecule has 0 saturated carbocycles. The molecule has 1 N–H and O–H groups in total. The van der Waals surface area contributed by atoms with Gasteiger partial charge in [0.1, 0.15) is 0 Å². The molecule has 0 aromatic heterocycles. The first-order valence-corrected chi connectivity index (χ1v) is 11.7. The quantitative estimate of drug-likeness (QED) is 0.773. The van der Waals surface area contributed by atoms with Gasteiger partial charge in [0.15, 0.2) is 0 Å². The summed E-state index contributed by atoms with van der Waals surface area (Å²) < 4.78 is 11.4. The third-order valence-corrected chi connectivity index (χ3v) is 5.99. The first-order chi connectivity index (χ1) is 13.5. The van der Waals surface area contributed by atoms with Crippen molar-refractivity contribution in [2.24, 2.45) is 5.92 Å². The fourth-order valence-corrected chi connectivity index (χ4v) is 4.52. The molecular formula is C23H30N2O2S. The normalized spacial score (nSPS) is 18.6. The van der Waals surface area contributed by atoms with Crippen LogP contribution in [-0.2, 0) is 29.6 Å². The molecule has 2 aromatic carbocycles. The summed E-state index contributed by atoms with van der Waals surface area (Å²) in [5, 5.41) is 3.05. The Bertz CT molecular complexity index is 837. The second kappa shape index (κ2) is 9.99. The molecule has 4 nitrogen and oxygen atoms in total. The van der Waals surface area contributed by atoms with Crippen LogP contribution in [0, 0.1) is 5.92 Å². The highest BCUT2D eigenvalue weighted by Crippen LogP contribution is 2.19. The van der Waals surface area contributed by atoms with Gasteiger partial charge in [-0.2, -0.15) is 0 Å². The standard InChI is InChI=1S/C23H30N2O2S/c1-18-7-6-12-25(15-18)16-22-10-4-3-9-21(22)14-24-23(26)20-11-5-8-19(13-20)17-28(2)27/h3-5,8-11,13,18H,6-7,12,14-17H2,1-2H3,(H,24,26)/t18-,28+/m1/s1. The average molecular weight is 399 g/mol. The molecular weight excluding hydrogens is 368 g/mol. The van der Waals surface area contributed by atoms with Crippen LogP contribution in [0.1, 0.15) is 46.8 Å². The molecule has 150 valence electrons. The molecule has 1 saturated heterocycles. The number of nitrogens with zero attached hydrogens (tertiary/aromatic N) is 1. The van der Waals surface area contributed by atoms with Gasteiger partial charge >= 0.3 is 0 Å². The van der Waals surface area contributed by atoms with E-state index in [-0.39, 0.29) is 5.91 Å². The van der Waals surface area contributed by atoms with Gasteiger partial charge in [0, 0.05) is 48.0 Å². The Labute approximate surface area is 170 Å². The summed E-state index contributed by atoms with van der Waals surface area (Å²) in [4.78, 5) is 15.1. The van der Waals surface area contributed by atoms with Gasteiger partial charge in [-0.1, -0.05) is 43.3 Å². The molecule has 1 amide bonds. The zero-order valence-corrected chi connectivity index (χ0v) is 17.6. The van der Waals surface area contributed by atoms with Crippen LogP contribution in [0.25, 0.3) is 0 Å². The number of carbonyl (C=O) groups is 1. The van der Waals surface area contributed by atoms with E-state index in [0.29, 0.717) is 17.9 Å². The van der Waals surface area contributed by atoms with E-state index in [1.807, 2.05) is 24.3 Å². The maximum Gasteiger partial charge on any atom is 0.251 e. The molecule has 2 atom stereocenters. The van der Waals surface area contributed by atoms with Gasteiger partial charge in [0.2, 0.25) is 0 Å². The molecule has 1 fully saturated rings. The van der Waals surface area contributed by atoms with Crippen molar-refractivity contribution in [3.8, 4) is 0 Å². The van der Waals surface area contributed by atoms with Gasteiger partial charge in [0.25, 0.3) is 5.91 Å². The summed E-state index contributed by atoms with van der Waals surface area (Å²) in [6.07, 6.45) is 4.25. The van der Waals surface area contributed by atoms with E-state index in [1.165, 1.54) is 24.0 Å². The molecule has 0 aliphatic carbocycles. The van der Waals surface area contributed by atoms with Crippen LogP contribution in [-0.4, -0.2) is 34.4 Å². The predicted octanol–water partition coefficient (Wildman–Crippen LogP) is 3.73. The summed E-state index contributed by atoms with van der Waals surface area (Å²) >= 11 is 0. The minimum atomic E-state index is -0.918. The molecule has 0 spiro atoms. The fourth-order valence-electron chi connectivity index (χ4n) is 3.87. The number of nitrogens with one attached hydrogen (secondary N) is 1. The van der Waals surface area contributed by atoms with Crippen molar-refractivity contribution in [1.29, 1.82) is 0 Å². The third-order valence-electron chi connectivity index (χ3n) is 5.25. The number of amides is 1. The van der Waals surface area contributed by atoms with E-state index < -0.39 is 10.8 Å². The minimum Gasteiger partial charge on any atom is -0.348 e. The van der Waals surface area contributed by atoms with Crippen molar-refractivity contribution < 1.29 is 9.00 Å². The predicted molar refractivity (Wildman–Crippen MR) is 115 cm³/mol. The maximum atomic E-state index is 12.6. The molecule has 1 aliphatic rings. The van der Waals surface area contributed by atoms with E-state index in [2.05, 4.69) is 35.3 Å². The van der Waals surface area contributed by atoms with Crippen LogP contribution in [0.4, 0.5) is 0 Å². The lowest BCUT2D eigenvalue weighted by atomic mass is 9.99. The topological polar surface area (TPSA) is 49.4 Å². The van der Waals surface area contributed by atoms with Gasteiger partial charge in [-0.15, -0.1) is 0 Å². The third kappa shape index (κ3) is 6.01. The van der Waals surface area contributed by atoms with Crippen LogP contribution in [0.3, 0.4) is 0 Å². The number of hydrogen-bond donors (Lipinski definition) is 1. The molecule has 1 aliphatic heterocycles. The lowest BCUT2D eigenvalue weighted by Crippen LogP contribution is -2.34. The largest absolute Gasteiger partial charge is 0.348 e. The smallest absolute Gasteiger partial charge is 0.251 e. The molecule has 28 heavy (non-hydrogen) atoms. The van der Waals surface area contributed by atoms with E-state index in [9.17, 15) is 9.00 Å². The van der Waals surface area contributed by atoms with Gasteiger partial charge in [0.05, 0.1) is 0 Å². The van der Waals surface area contributed by atoms with Crippen LogP contribution < -0.4 is 5.32 Å². The summed E-state index contributed by atoms with van der Waals surface area (Å²) in [6, 6.07) is 15.8. The summed E-state index contributed by atoms with van der Waals surface area (Å²) in [6.45, 7) is 6.07. The van der Waals surface area contributed by atoms with Crippen molar-refractivity contribution in [1.82, 2.24) is 10.2 Å². The highest BCUT2D eigenvalue weighted by atomic mass is 32.2. The molecule has 0 radical (unpaired) electrons. The van der Waals surface area contributed by atoms with Crippen LogP contribution >= 0.6 is 0 Å². The number of likely N-dealkylation sites (tertiary alicyclic amines) is 1. The zero-order valence-electron chi connectivity index (χ0n) is 16.8. The maximum absolute atomic E-state index is 12.6. The molecule has 5 heteroatoms. The fraction of sp³-hybridized carbons (Fsp3) is 0.435. The Kier molecular flexibility index (Phi) is 7.40. The van der Waals surface area contributed by atoms with E-state index >= 15 is 0 Å². The Morgan fingerprint density at radius 3 is 2.71 bits per heavy atom. The highest BCUT2D eigenvalue weighted by molar-refractivity contribution is 7.83.